The molecule has 0 aromatic carbocycles. The Morgan fingerprint density at radius 2 is 1.92 bits per heavy atom. The van der Waals surface area contributed by atoms with Gasteiger partial charge in [0, 0.05) is 57.1 Å². The van der Waals surface area contributed by atoms with Crippen LogP contribution in [-0.2, 0) is 11.3 Å². The molecule has 0 aliphatic carbocycles. The van der Waals surface area contributed by atoms with Gasteiger partial charge in [-0.15, -0.1) is 11.3 Å². The van der Waals surface area contributed by atoms with Crippen molar-refractivity contribution in [2.75, 3.05) is 37.7 Å². The largest absolute Gasteiger partial charge is 0.372 e. The molecule has 3 heterocycles. The lowest BCUT2D eigenvalue weighted by atomic mass is 10.3. The van der Waals surface area contributed by atoms with Crippen LogP contribution >= 0.6 is 11.3 Å². The van der Waals surface area contributed by atoms with Crippen LogP contribution in [0.4, 0.5) is 5.95 Å². The molecule has 0 N–H and O–H groups in total. The lowest BCUT2D eigenvalue weighted by Crippen LogP contribution is -2.46. The minimum atomic E-state index is 0.0873. The van der Waals surface area contributed by atoms with Crippen LogP contribution in [0.15, 0.2) is 17.8 Å². The second-order valence-electron chi connectivity index (χ2n) is 6.10. The number of hydrogen-bond donors (Lipinski definition) is 0. The molecule has 2 aromatic heterocycles. The Kier molecular flexibility index (Phi) is 5.76. The molecular formula is C17H25N5OS. The molecule has 1 saturated heterocycles. The SMILES string of the molecule is CCO[C@H](C)c1nc(CN2CCN(c3ncc(C)cn3)CC2)cs1. The average molecular weight is 347 g/mol. The van der Waals surface area contributed by atoms with Crippen molar-refractivity contribution in [1.82, 2.24) is 19.9 Å². The summed E-state index contributed by atoms with van der Waals surface area (Å²) in [5.74, 6) is 0.835. The smallest absolute Gasteiger partial charge is 0.225 e. The van der Waals surface area contributed by atoms with Gasteiger partial charge in [-0.1, -0.05) is 0 Å². The number of thiazole rings is 1. The van der Waals surface area contributed by atoms with Gasteiger partial charge in [-0.3, -0.25) is 4.90 Å². The summed E-state index contributed by atoms with van der Waals surface area (Å²) in [5, 5.41) is 3.22. The molecule has 0 unspecified atom stereocenters. The van der Waals surface area contributed by atoms with Crippen molar-refractivity contribution in [1.29, 1.82) is 0 Å². The van der Waals surface area contributed by atoms with Crippen LogP contribution in [0.5, 0.6) is 0 Å². The minimum Gasteiger partial charge on any atom is -0.372 e. The highest BCUT2D eigenvalue weighted by Crippen LogP contribution is 2.22. The first kappa shape index (κ1) is 17.3. The third-order valence-corrected chi connectivity index (χ3v) is 5.20. The van der Waals surface area contributed by atoms with Crippen molar-refractivity contribution >= 4 is 17.3 Å². The number of aromatic nitrogens is 3. The molecule has 0 saturated carbocycles. The summed E-state index contributed by atoms with van der Waals surface area (Å²) in [5.41, 5.74) is 2.24. The number of ether oxygens (including phenoxy) is 1. The van der Waals surface area contributed by atoms with Crippen molar-refractivity contribution in [2.45, 2.75) is 33.4 Å². The van der Waals surface area contributed by atoms with E-state index in [0.29, 0.717) is 0 Å². The highest BCUT2D eigenvalue weighted by Gasteiger charge is 2.20. The zero-order valence-corrected chi connectivity index (χ0v) is 15.4. The summed E-state index contributed by atoms with van der Waals surface area (Å²) in [6.07, 6.45) is 3.85. The Labute approximate surface area is 147 Å². The number of anilines is 1. The summed E-state index contributed by atoms with van der Waals surface area (Å²) >= 11 is 1.69. The molecule has 130 valence electrons. The summed E-state index contributed by atoms with van der Waals surface area (Å²) in [7, 11) is 0. The molecule has 3 rings (SSSR count). The van der Waals surface area contributed by atoms with E-state index in [-0.39, 0.29) is 6.10 Å². The molecule has 0 bridgehead atoms. The van der Waals surface area contributed by atoms with E-state index in [1.807, 2.05) is 26.2 Å². The Balaban J connectivity index is 1.51. The van der Waals surface area contributed by atoms with E-state index in [2.05, 4.69) is 32.1 Å². The lowest BCUT2D eigenvalue weighted by Gasteiger charge is -2.34. The Hall–Kier alpha value is -1.57. The molecule has 24 heavy (non-hydrogen) atoms. The van der Waals surface area contributed by atoms with E-state index in [1.165, 1.54) is 0 Å². The Morgan fingerprint density at radius 3 is 2.58 bits per heavy atom. The van der Waals surface area contributed by atoms with Gasteiger partial charge in [-0.25, -0.2) is 15.0 Å². The molecule has 1 aliphatic heterocycles. The first-order valence-corrected chi connectivity index (χ1v) is 9.35. The first-order chi connectivity index (χ1) is 11.7. The lowest BCUT2D eigenvalue weighted by molar-refractivity contribution is 0.0760. The van der Waals surface area contributed by atoms with Gasteiger partial charge in [-0.2, -0.15) is 0 Å². The topological polar surface area (TPSA) is 54.4 Å². The molecule has 1 atom stereocenters. The van der Waals surface area contributed by atoms with Gasteiger partial charge in [0.2, 0.25) is 5.95 Å². The van der Waals surface area contributed by atoms with Gasteiger partial charge < -0.3 is 9.64 Å². The maximum atomic E-state index is 5.62. The predicted octanol–water partition coefficient (Wildman–Crippen LogP) is 2.66. The predicted molar refractivity (Wildman–Crippen MR) is 96.4 cm³/mol. The summed E-state index contributed by atoms with van der Waals surface area (Å²) < 4.78 is 5.62. The number of nitrogens with zero attached hydrogens (tertiary/aromatic N) is 5. The molecule has 1 fully saturated rings. The normalized spacial score (nSPS) is 17.2. The number of rotatable bonds is 6. The van der Waals surface area contributed by atoms with Crippen LogP contribution in [0.2, 0.25) is 0 Å². The quantitative estimate of drug-likeness (QED) is 0.801. The molecule has 7 heteroatoms. The highest BCUT2D eigenvalue weighted by atomic mass is 32.1. The summed E-state index contributed by atoms with van der Waals surface area (Å²) in [6.45, 7) is 11.6. The van der Waals surface area contributed by atoms with E-state index in [1.54, 1.807) is 11.3 Å². The second-order valence-corrected chi connectivity index (χ2v) is 6.99. The van der Waals surface area contributed by atoms with Crippen molar-refractivity contribution in [3.8, 4) is 0 Å². The number of aryl methyl sites for hydroxylation is 1. The van der Waals surface area contributed by atoms with Gasteiger partial charge in [0.25, 0.3) is 0 Å². The zero-order valence-electron chi connectivity index (χ0n) is 14.6. The first-order valence-electron chi connectivity index (χ1n) is 8.47. The van der Waals surface area contributed by atoms with Crippen LogP contribution in [0.25, 0.3) is 0 Å². The van der Waals surface area contributed by atoms with Crippen LogP contribution < -0.4 is 4.90 Å². The van der Waals surface area contributed by atoms with Crippen LogP contribution in [-0.4, -0.2) is 52.6 Å². The number of piperazine rings is 1. The third kappa shape index (κ3) is 4.28. The van der Waals surface area contributed by atoms with E-state index in [0.717, 1.165) is 61.5 Å². The van der Waals surface area contributed by atoms with Crippen molar-refractivity contribution in [2.24, 2.45) is 0 Å². The summed E-state index contributed by atoms with van der Waals surface area (Å²) in [6, 6.07) is 0. The molecule has 0 amide bonds. The van der Waals surface area contributed by atoms with Crippen molar-refractivity contribution in [3.05, 3.63) is 34.0 Å². The second kappa shape index (κ2) is 8.00. The van der Waals surface area contributed by atoms with Crippen LogP contribution in [0, 0.1) is 6.92 Å². The van der Waals surface area contributed by atoms with Crippen molar-refractivity contribution < 1.29 is 4.74 Å². The Bertz CT molecular complexity index is 637. The van der Waals surface area contributed by atoms with Crippen LogP contribution in [0.3, 0.4) is 0 Å². The minimum absolute atomic E-state index is 0.0873. The van der Waals surface area contributed by atoms with Gasteiger partial charge in [0.15, 0.2) is 0 Å². The standard InChI is InChI=1S/C17H25N5OS/c1-4-23-14(3)16-20-15(12-24-16)11-21-5-7-22(8-6-21)17-18-9-13(2)10-19-17/h9-10,12,14H,4-8,11H2,1-3H3/t14-/m1/s1. The fourth-order valence-electron chi connectivity index (χ4n) is 2.79. The third-order valence-electron chi connectivity index (χ3n) is 4.14. The van der Waals surface area contributed by atoms with Gasteiger partial charge in [0.1, 0.15) is 11.1 Å². The molecular weight excluding hydrogens is 322 g/mol. The Morgan fingerprint density at radius 1 is 1.21 bits per heavy atom. The highest BCUT2D eigenvalue weighted by molar-refractivity contribution is 7.09. The average Bonchev–Trinajstić information content (AvgIpc) is 3.05. The van der Waals surface area contributed by atoms with Crippen molar-refractivity contribution in [3.63, 3.8) is 0 Å². The zero-order chi connectivity index (χ0) is 16.9. The molecule has 0 radical (unpaired) electrons. The summed E-state index contributed by atoms with van der Waals surface area (Å²) in [4.78, 5) is 18.3. The molecule has 2 aromatic rings. The van der Waals surface area contributed by atoms with E-state index in [9.17, 15) is 0 Å². The molecule has 0 spiro atoms. The van der Waals surface area contributed by atoms with Crippen LogP contribution in [0.1, 0.15) is 36.2 Å². The fourth-order valence-corrected chi connectivity index (χ4v) is 3.60. The maximum absolute atomic E-state index is 5.62. The monoisotopic (exact) mass is 347 g/mol. The van der Waals surface area contributed by atoms with E-state index >= 15 is 0 Å². The number of hydrogen-bond acceptors (Lipinski definition) is 7. The van der Waals surface area contributed by atoms with Gasteiger partial charge >= 0.3 is 0 Å². The maximum Gasteiger partial charge on any atom is 0.225 e. The van der Waals surface area contributed by atoms with Gasteiger partial charge in [-0.05, 0) is 26.3 Å². The van der Waals surface area contributed by atoms with Gasteiger partial charge in [0.05, 0.1) is 5.69 Å². The molecule has 6 nitrogen and oxygen atoms in total. The fraction of sp³-hybridized carbons (Fsp3) is 0.588. The van der Waals surface area contributed by atoms with E-state index < -0.39 is 0 Å². The van der Waals surface area contributed by atoms with E-state index in [4.69, 9.17) is 9.72 Å². The molecule has 1 aliphatic rings.